The zero-order chi connectivity index (χ0) is 28.4. The van der Waals surface area contributed by atoms with Crippen LogP contribution in [0.15, 0.2) is 80.7 Å². The second-order valence-corrected chi connectivity index (χ2v) is 10.0. The zero-order valence-corrected chi connectivity index (χ0v) is 21.8. The molecule has 5 aromatic rings. The molecule has 0 aliphatic carbocycles. The predicted octanol–water partition coefficient (Wildman–Crippen LogP) is 3.47. The number of sulfonamides is 1. The number of nitrogens with zero attached hydrogens (tertiary/aromatic N) is 7. The molecule has 3 aromatic heterocycles. The molecule has 4 N–H and O–H groups in total. The van der Waals surface area contributed by atoms with Crippen molar-refractivity contribution in [1.82, 2.24) is 24.6 Å². The summed E-state index contributed by atoms with van der Waals surface area (Å²) in [6, 6.07) is 15.6. The predicted molar refractivity (Wildman–Crippen MR) is 145 cm³/mol. The third kappa shape index (κ3) is 4.93. The first-order valence-electron chi connectivity index (χ1n) is 11.5. The van der Waals surface area contributed by atoms with Gasteiger partial charge in [-0.3, -0.25) is 14.6 Å². The molecule has 0 fully saturated rings. The van der Waals surface area contributed by atoms with Gasteiger partial charge in [-0.05, 0) is 61.5 Å². The fourth-order valence-electron chi connectivity index (χ4n) is 3.73. The second kappa shape index (κ2) is 10.3. The summed E-state index contributed by atoms with van der Waals surface area (Å²) in [6.45, 7) is 1.75. The van der Waals surface area contributed by atoms with Crippen LogP contribution in [0.25, 0.3) is 17.2 Å². The van der Waals surface area contributed by atoms with Crippen molar-refractivity contribution in [2.45, 2.75) is 11.8 Å². The van der Waals surface area contributed by atoms with E-state index in [0.717, 1.165) is 0 Å². The summed E-state index contributed by atoms with van der Waals surface area (Å²) in [5.41, 5.74) is 6.60. The van der Waals surface area contributed by atoms with E-state index in [1.54, 1.807) is 37.3 Å². The molecular weight excluding hydrogens is 536 g/mol. The van der Waals surface area contributed by atoms with Crippen LogP contribution in [-0.4, -0.2) is 40.1 Å². The van der Waals surface area contributed by atoms with E-state index < -0.39 is 15.6 Å². The Balaban J connectivity index is 1.46. The van der Waals surface area contributed by atoms with E-state index in [4.69, 9.17) is 10.5 Å². The number of aryl methyl sites for hydroxylation is 1. The Morgan fingerprint density at radius 2 is 1.80 bits per heavy atom. The molecule has 0 radical (unpaired) electrons. The Labute approximate surface area is 226 Å². The van der Waals surface area contributed by atoms with Crippen LogP contribution in [0.4, 0.5) is 22.9 Å². The van der Waals surface area contributed by atoms with Crippen LogP contribution in [-0.2, 0) is 10.0 Å². The standard InChI is InChI=1S/C25H20N10O4S/c1-14-11-12-28-23(29-14)21-19(13-26)22(27)30-24-20(25(36)33-35(21)24)32-31-15-5-9-18(10-6-15)40(37,38)34-16-3-7-17(39-2)8-4-16/h3-12,34H,1-2H3,(H2,27,30)(H,33,36). The third-order valence-corrected chi connectivity index (χ3v) is 7.07. The highest BCUT2D eigenvalue weighted by Crippen LogP contribution is 2.28. The molecule has 3 heterocycles. The zero-order valence-electron chi connectivity index (χ0n) is 21.0. The van der Waals surface area contributed by atoms with Gasteiger partial charge in [-0.1, -0.05) is 0 Å². The molecule has 0 unspecified atom stereocenters. The maximum Gasteiger partial charge on any atom is 0.294 e. The van der Waals surface area contributed by atoms with Gasteiger partial charge in [0.1, 0.15) is 28.9 Å². The Hall–Kier alpha value is -5.62. The van der Waals surface area contributed by atoms with Crippen LogP contribution in [0, 0.1) is 18.3 Å². The molecule has 15 heteroatoms. The number of nitrogen functional groups attached to an aromatic ring is 1. The highest BCUT2D eigenvalue weighted by Gasteiger charge is 2.22. The number of aromatic nitrogens is 5. The number of H-pyrrole nitrogens is 1. The number of anilines is 2. The van der Waals surface area contributed by atoms with Crippen molar-refractivity contribution in [3.05, 3.63) is 82.4 Å². The molecule has 5 rings (SSSR count). The van der Waals surface area contributed by atoms with Gasteiger partial charge in [0, 0.05) is 17.6 Å². The summed E-state index contributed by atoms with van der Waals surface area (Å²) < 4.78 is 34.3. The SMILES string of the molecule is COc1ccc(NS(=O)(=O)c2ccc(N=Nc3c(=O)[nH]n4c(-c5nccc(C)n5)c(C#N)c(N)nc34)cc2)cc1. The lowest BCUT2D eigenvalue weighted by atomic mass is 10.2. The number of nitrogens with two attached hydrogens (primary N) is 1. The van der Waals surface area contributed by atoms with E-state index >= 15 is 0 Å². The smallest absolute Gasteiger partial charge is 0.294 e. The van der Waals surface area contributed by atoms with Crippen molar-refractivity contribution in [3.63, 3.8) is 0 Å². The summed E-state index contributed by atoms with van der Waals surface area (Å²) in [5, 5.41) is 20.3. The lowest BCUT2D eigenvalue weighted by Gasteiger charge is -2.09. The number of hydrogen-bond acceptors (Lipinski definition) is 11. The summed E-state index contributed by atoms with van der Waals surface area (Å²) in [6.07, 6.45) is 1.51. The highest BCUT2D eigenvalue weighted by molar-refractivity contribution is 7.92. The van der Waals surface area contributed by atoms with E-state index in [1.807, 2.05) is 6.07 Å². The van der Waals surface area contributed by atoms with Crippen LogP contribution in [0.2, 0.25) is 0 Å². The highest BCUT2D eigenvalue weighted by atomic mass is 32.2. The first-order valence-corrected chi connectivity index (χ1v) is 13.0. The third-order valence-electron chi connectivity index (χ3n) is 5.67. The summed E-state index contributed by atoms with van der Waals surface area (Å²) >= 11 is 0. The van der Waals surface area contributed by atoms with Gasteiger partial charge in [0.2, 0.25) is 0 Å². The number of methoxy groups -OCH3 is 1. The molecule has 0 spiro atoms. The van der Waals surface area contributed by atoms with E-state index in [9.17, 15) is 18.5 Å². The van der Waals surface area contributed by atoms with Gasteiger partial charge in [0.15, 0.2) is 17.2 Å². The van der Waals surface area contributed by atoms with Crippen molar-refractivity contribution in [2.24, 2.45) is 10.2 Å². The van der Waals surface area contributed by atoms with E-state index in [1.165, 1.54) is 42.1 Å². The van der Waals surface area contributed by atoms with Gasteiger partial charge < -0.3 is 10.5 Å². The van der Waals surface area contributed by atoms with Gasteiger partial charge in [-0.25, -0.2) is 27.9 Å². The number of nitrogens with one attached hydrogen (secondary N) is 2. The lowest BCUT2D eigenvalue weighted by molar-refractivity contribution is 0.415. The van der Waals surface area contributed by atoms with Crippen LogP contribution >= 0.6 is 0 Å². The van der Waals surface area contributed by atoms with Gasteiger partial charge >= 0.3 is 0 Å². The average Bonchev–Trinajstić information content (AvgIpc) is 3.25. The van der Waals surface area contributed by atoms with Crippen molar-refractivity contribution >= 4 is 38.6 Å². The lowest BCUT2D eigenvalue weighted by Crippen LogP contribution is -2.12. The van der Waals surface area contributed by atoms with E-state index in [2.05, 4.69) is 35.0 Å². The topological polar surface area (TPSA) is 206 Å². The number of rotatable bonds is 7. The maximum absolute atomic E-state index is 12.8. The largest absolute Gasteiger partial charge is 0.497 e. The van der Waals surface area contributed by atoms with Crippen molar-refractivity contribution in [3.8, 4) is 23.3 Å². The number of aromatic amines is 1. The summed E-state index contributed by atoms with van der Waals surface area (Å²) in [7, 11) is -2.36. The Kier molecular flexibility index (Phi) is 6.68. The number of ether oxygens (including phenoxy) is 1. The van der Waals surface area contributed by atoms with Crippen molar-refractivity contribution < 1.29 is 13.2 Å². The number of nitriles is 1. The first kappa shape index (κ1) is 26.0. The number of benzene rings is 2. The fraction of sp³-hybridized carbons (Fsp3) is 0.0800. The molecule has 40 heavy (non-hydrogen) atoms. The van der Waals surface area contributed by atoms with Gasteiger partial charge in [-0.2, -0.15) is 10.4 Å². The number of fused-ring (bicyclic) bond motifs is 1. The Bertz CT molecular complexity index is 1970. The van der Waals surface area contributed by atoms with Crippen LogP contribution in [0.5, 0.6) is 5.75 Å². The van der Waals surface area contributed by atoms with Crippen molar-refractivity contribution in [2.75, 3.05) is 17.6 Å². The molecule has 0 aliphatic heterocycles. The quantitative estimate of drug-likeness (QED) is 0.250. The minimum Gasteiger partial charge on any atom is -0.497 e. The van der Waals surface area contributed by atoms with Crippen LogP contribution in [0.3, 0.4) is 0 Å². The fourth-order valence-corrected chi connectivity index (χ4v) is 4.79. The summed E-state index contributed by atoms with van der Waals surface area (Å²) in [5.74, 6) is 0.609. The molecular formula is C25H20N10O4S. The molecule has 200 valence electrons. The normalized spacial score (nSPS) is 11.5. The molecule has 0 atom stereocenters. The first-order chi connectivity index (χ1) is 19.2. The molecule has 0 bridgehead atoms. The molecule has 0 saturated carbocycles. The van der Waals surface area contributed by atoms with Gasteiger partial charge in [0.25, 0.3) is 15.6 Å². The van der Waals surface area contributed by atoms with E-state index in [0.29, 0.717) is 17.1 Å². The van der Waals surface area contributed by atoms with Crippen molar-refractivity contribution in [1.29, 1.82) is 5.26 Å². The molecule has 2 aromatic carbocycles. The second-order valence-electron chi connectivity index (χ2n) is 8.33. The maximum atomic E-state index is 12.8. The average molecular weight is 557 g/mol. The Morgan fingerprint density at radius 3 is 2.45 bits per heavy atom. The monoisotopic (exact) mass is 556 g/mol. The number of hydrogen-bond donors (Lipinski definition) is 3. The van der Waals surface area contributed by atoms with E-state index in [-0.39, 0.29) is 44.8 Å². The minimum absolute atomic E-state index is 0.00398. The molecule has 0 aliphatic rings. The molecule has 0 saturated heterocycles. The van der Waals surface area contributed by atoms with Crippen LogP contribution < -0.4 is 20.8 Å². The van der Waals surface area contributed by atoms with Crippen LogP contribution in [0.1, 0.15) is 11.3 Å². The van der Waals surface area contributed by atoms with Gasteiger partial charge in [0.05, 0.1) is 17.7 Å². The Morgan fingerprint density at radius 1 is 1.07 bits per heavy atom. The number of azo groups is 1. The summed E-state index contributed by atoms with van der Waals surface area (Å²) in [4.78, 5) is 25.5. The molecule has 14 nitrogen and oxygen atoms in total. The van der Waals surface area contributed by atoms with Gasteiger partial charge in [-0.15, -0.1) is 5.11 Å². The minimum atomic E-state index is -3.87. The molecule has 0 amide bonds.